The molecule has 1 aliphatic rings. The summed E-state index contributed by atoms with van der Waals surface area (Å²) in [6.07, 6.45) is 2.91. The van der Waals surface area contributed by atoms with Crippen molar-refractivity contribution in [2.24, 2.45) is 0 Å². The van der Waals surface area contributed by atoms with Crippen LogP contribution in [0.25, 0.3) is 0 Å². The second-order valence-electron chi connectivity index (χ2n) is 6.55. The Bertz CT molecular complexity index is 707. The van der Waals surface area contributed by atoms with E-state index in [1.807, 2.05) is 55.5 Å². The van der Waals surface area contributed by atoms with Gasteiger partial charge in [0.05, 0.1) is 6.10 Å². The third-order valence-electron chi connectivity index (χ3n) is 4.37. The molecule has 1 aliphatic carbocycles. The van der Waals surface area contributed by atoms with Crippen molar-refractivity contribution >= 4 is 11.7 Å². The largest absolute Gasteiger partial charge is 0.457 e. The first kappa shape index (κ1) is 17.3. The van der Waals surface area contributed by atoms with Crippen molar-refractivity contribution in [3.8, 4) is 11.5 Å². The van der Waals surface area contributed by atoms with E-state index >= 15 is 0 Å². The van der Waals surface area contributed by atoms with Crippen LogP contribution in [0.1, 0.15) is 31.2 Å². The van der Waals surface area contributed by atoms with Gasteiger partial charge in [0.25, 0.3) is 0 Å². The second-order valence-corrected chi connectivity index (χ2v) is 6.55. The van der Waals surface area contributed by atoms with E-state index in [2.05, 4.69) is 10.6 Å². The van der Waals surface area contributed by atoms with Gasteiger partial charge in [0.1, 0.15) is 11.5 Å². The molecule has 0 spiro atoms. The summed E-state index contributed by atoms with van der Waals surface area (Å²) in [6.45, 7) is 2.02. The van der Waals surface area contributed by atoms with Crippen LogP contribution in [0.15, 0.2) is 48.5 Å². The van der Waals surface area contributed by atoms with Crippen molar-refractivity contribution in [3.63, 3.8) is 0 Å². The second kappa shape index (κ2) is 8.03. The highest BCUT2D eigenvalue weighted by atomic mass is 16.5. The molecular formula is C20H24N2O3. The topological polar surface area (TPSA) is 70.6 Å². The molecule has 0 aliphatic heterocycles. The van der Waals surface area contributed by atoms with Crippen molar-refractivity contribution in [2.75, 3.05) is 5.32 Å². The molecular weight excluding hydrogens is 316 g/mol. The molecule has 2 amide bonds. The molecule has 2 aromatic carbocycles. The summed E-state index contributed by atoms with van der Waals surface area (Å²) in [4.78, 5) is 12.1. The zero-order valence-electron chi connectivity index (χ0n) is 14.4. The standard InChI is InChI=1S/C20H24N2O3/c1-14-3-2-4-19(13-14)25-18-11-7-16(8-12-18)22-20(24)21-15-5-9-17(23)10-6-15/h2-4,7-8,11-13,15,17,23H,5-6,9-10H2,1H3,(H2,21,22,24). The normalized spacial score (nSPS) is 19.9. The van der Waals surface area contributed by atoms with Crippen molar-refractivity contribution in [1.29, 1.82) is 0 Å². The van der Waals surface area contributed by atoms with Gasteiger partial charge in [-0.15, -0.1) is 0 Å². The first-order valence-electron chi connectivity index (χ1n) is 8.68. The molecule has 1 fully saturated rings. The van der Waals surface area contributed by atoms with Crippen LogP contribution in [0.5, 0.6) is 11.5 Å². The maximum absolute atomic E-state index is 12.1. The summed E-state index contributed by atoms with van der Waals surface area (Å²) in [6, 6.07) is 15.1. The summed E-state index contributed by atoms with van der Waals surface area (Å²) in [7, 11) is 0. The fourth-order valence-corrected chi connectivity index (χ4v) is 2.99. The SMILES string of the molecule is Cc1cccc(Oc2ccc(NC(=O)NC3CCC(O)CC3)cc2)c1. The van der Waals surface area contributed by atoms with Crippen LogP contribution in [0, 0.1) is 6.92 Å². The Morgan fingerprint density at radius 2 is 1.76 bits per heavy atom. The van der Waals surface area contributed by atoms with E-state index in [9.17, 15) is 9.90 Å². The fourth-order valence-electron chi connectivity index (χ4n) is 2.99. The lowest BCUT2D eigenvalue weighted by Gasteiger charge is -2.26. The van der Waals surface area contributed by atoms with Crippen molar-refractivity contribution < 1.29 is 14.6 Å². The molecule has 5 nitrogen and oxygen atoms in total. The first-order chi connectivity index (χ1) is 12.1. The maximum atomic E-state index is 12.1. The number of hydrogen-bond donors (Lipinski definition) is 3. The fraction of sp³-hybridized carbons (Fsp3) is 0.350. The highest BCUT2D eigenvalue weighted by Gasteiger charge is 2.20. The lowest BCUT2D eigenvalue weighted by Crippen LogP contribution is -2.40. The van der Waals surface area contributed by atoms with Gasteiger partial charge in [0.15, 0.2) is 0 Å². The van der Waals surface area contributed by atoms with Crippen LogP contribution < -0.4 is 15.4 Å². The smallest absolute Gasteiger partial charge is 0.319 e. The van der Waals surface area contributed by atoms with Gasteiger partial charge < -0.3 is 20.5 Å². The van der Waals surface area contributed by atoms with Crippen LogP contribution in [-0.2, 0) is 0 Å². The minimum atomic E-state index is -0.220. The summed E-state index contributed by atoms with van der Waals surface area (Å²) in [5.41, 5.74) is 1.85. The number of benzene rings is 2. The van der Waals surface area contributed by atoms with E-state index in [1.54, 1.807) is 0 Å². The van der Waals surface area contributed by atoms with Gasteiger partial charge in [-0.25, -0.2) is 4.79 Å². The zero-order chi connectivity index (χ0) is 17.6. The number of rotatable bonds is 4. The van der Waals surface area contributed by atoms with E-state index < -0.39 is 0 Å². The van der Waals surface area contributed by atoms with Crippen LogP contribution in [-0.4, -0.2) is 23.3 Å². The van der Waals surface area contributed by atoms with E-state index in [1.165, 1.54) is 0 Å². The van der Waals surface area contributed by atoms with Crippen molar-refractivity contribution in [3.05, 3.63) is 54.1 Å². The Morgan fingerprint density at radius 3 is 2.44 bits per heavy atom. The number of aliphatic hydroxyl groups excluding tert-OH is 1. The molecule has 0 unspecified atom stereocenters. The Labute approximate surface area is 148 Å². The predicted octanol–water partition coefficient (Wildman–Crippen LogP) is 4.21. The average Bonchev–Trinajstić information content (AvgIpc) is 2.59. The van der Waals surface area contributed by atoms with Crippen molar-refractivity contribution in [1.82, 2.24) is 5.32 Å². The van der Waals surface area contributed by atoms with Gasteiger partial charge >= 0.3 is 6.03 Å². The van der Waals surface area contributed by atoms with Gasteiger partial charge in [0.2, 0.25) is 0 Å². The summed E-state index contributed by atoms with van der Waals surface area (Å²) < 4.78 is 5.80. The Morgan fingerprint density at radius 1 is 1.04 bits per heavy atom. The number of hydrogen-bond acceptors (Lipinski definition) is 3. The van der Waals surface area contributed by atoms with Gasteiger partial charge in [-0.05, 0) is 74.6 Å². The van der Waals surface area contributed by atoms with Crippen LogP contribution >= 0.6 is 0 Å². The van der Waals surface area contributed by atoms with Crippen molar-refractivity contribution in [2.45, 2.75) is 44.8 Å². The maximum Gasteiger partial charge on any atom is 0.319 e. The summed E-state index contributed by atoms with van der Waals surface area (Å²) in [5.74, 6) is 1.51. The molecule has 0 radical (unpaired) electrons. The average molecular weight is 340 g/mol. The number of nitrogens with one attached hydrogen (secondary N) is 2. The molecule has 1 saturated carbocycles. The number of aliphatic hydroxyl groups is 1. The third kappa shape index (κ3) is 5.22. The minimum absolute atomic E-state index is 0.132. The summed E-state index contributed by atoms with van der Waals surface area (Å²) >= 11 is 0. The third-order valence-corrected chi connectivity index (χ3v) is 4.37. The van der Waals surface area contributed by atoms with Gasteiger partial charge in [-0.3, -0.25) is 0 Å². The predicted molar refractivity (Wildman–Crippen MR) is 98.1 cm³/mol. The Kier molecular flexibility index (Phi) is 5.56. The van der Waals surface area contributed by atoms with Gasteiger partial charge in [-0.2, -0.15) is 0 Å². The molecule has 5 heteroatoms. The molecule has 0 bridgehead atoms. The van der Waals surface area contributed by atoms with Crippen LogP contribution in [0.4, 0.5) is 10.5 Å². The zero-order valence-corrected chi connectivity index (χ0v) is 14.4. The number of anilines is 1. The highest BCUT2D eigenvalue weighted by molar-refractivity contribution is 5.89. The molecule has 3 N–H and O–H groups in total. The molecule has 0 saturated heterocycles. The lowest BCUT2D eigenvalue weighted by atomic mass is 9.93. The number of urea groups is 1. The number of carbonyl (C=O) groups excluding carboxylic acids is 1. The van der Waals surface area contributed by atoms with Gasteiger partial charge in [0, 0.05) is 11.7 Å². The minimum Gasteiger partial charge on any atom is -0.457 e. The van der Waals surface area contributed by atoms with E-state index in [4.69, 9.17) is 4.74 Å². The number of ether oxygens (including phenoxy) is 1. The molecule has 0 heterocycles. The highest BCUT2D eigenvalue weighted by Crippen LogP contribution is 2.24. The molecule has 0 aromatic heterocycles. The number of amides is 2. The molecule has 2 aromatic rings. The quantitative estimate of drug-likeness (QED) is 0.781. The van der Waals surface area contributed by atoms with E-state index in [-0.39, 0.29) is 18.2 Å². The van der Waals surface area contributed by atoms with E-state index in [0.717, 1.165) is 42.7 Å². The summed E-state index contributed by atoms with van der Waals surface area (Å²) in [5, 5.41) is 15.3. The number of carbonyl (C=O) groups is 1. The van der Waals surface area contributed by atoms with Crippen LogP contribution in [0.3, 0.4) is 0 Å². The molecule has 0 atom stereocenters. The monoisotopic (exact) mass is 340 g/mol. The number of aryl methyl sites for hydroxylation is 1. The van der Waals surface area contributed by atoms with E-state index in [0.29, 0.717) is 5.69 Å². The molecule has 132 valence electrons. The Balaban J connectivity index is 1.51. The van der Waals surface area contributed by atoms with Crippen LogP contribution in [0.2, 0.25) is 0 Å². The molecule has 3 rings (SSSR count). The lowest BCUT2D eigenvalue weighted by molar-refractivity contribution is 0.118. The Hall–Kier alpha value is -2.53. The van der Waals surface area contributed by atoms with Gasteiger partial charge in [-0.1, -0.05) is 12.1 Å². The molecule has 25 heavy (non-hydrogen) atoms. The first-order valence-corrected chi connectivity index (χ1v) is 8.68.